The van der Waals surface area contributed by atoms with Gasteiger partial charge in [-0.15, -0.1) is 16.4 Å². The van der Waals surface area contributed by atoms with Gasteiger partial charge >= 0.3 is 0 Å². The van der Waals surface area contributed by atoms with E-state index in [4.69, 9.17) is 70.6 Å². The number of nitrogens with zero attached hydrogens (tertiary/aromatic N) is 1. The third kappa shape index (κ3) is 3.29. The summed E-state index contributed by atoms with van der Waals surface area (Å²) < 4.78 is 0. The third-order valence-corrected chi connectivity index (χ3v) is 4.69. The summed E-state index contributed by atoms with van der Waals surface area (Å²) in [6.07, 6.45) is 0. The lowest BCUT2D eigenvalue weighted by Crippen LogP contribution is -2.53. The summed E-state index contributed by atoms with van der Waals surface area (Å²) in [6.45, 7) is 5.57. The van der Waals surface area contributed by atoms with Crippen LogP contribution in [0, 0.1) is 5.41 Å². The molecule has 0 aliphatic carbocycles. The Kier molecular flexibility index (Phi) is 5.59. The minimum absolute atomic E-state index is 0.0417. The molecule has 0 saturated heterocycles. The molecule has 0 fully saturated rings. The van der Waals surface area contributed by atoms with E-state index in [1.807, 2.05) is 20.8 Å². The lowest BCUT2D eigenvalue weighted by molar-refractivity contribution is 0.360. The lowest BCUT2D eigenvalue weighted by atomic mass is 9.38. The Hall–Kier alpha value is -1.05. The number of hydrogen-bond acceptors (Lipinski definition) is 1. The molecule has 1 nitrogen and oxygen atoms in total. The topological polar surface area (TPSA) is 12.9 Å². The molecule has 0 N–H and O–H groups in total. The monoisotopic (exact) mass is 315 g/mol. The Bertz CT molecular complexity index is 885. The second kappa shape index (κ2) is 6.84. The molecule has 2 aromatic rings. The summed E-state index contributed by atoms with van der Waals surface area (Å²) in [5, 5.41) is -1.37. The zero-order valence-electron chi connectivity index (χ0n) is 15.2. The molecular weight excluding hydrogens is 303 g/mol. The van der Waals surface area contributed by atoms with Gasteiger partial charge in [-0.25, -0.2) is 0 Å². The van der Waals surface area contributed by atoms with E-state index in [1.165, 1.54) is 6.07 Å². The van der Waals surface area contributed by atoms with E-state index >= 15 is 0 Å². The molecule has 1 aromatic carbocycles. The van der Waals surface area contributed by atoms with Crippen molar-refractivity contribution < 1.29 is 0 Å². The summed E-state index contributed by atoms with van der Waals surface area (Å²) in [5.74, 6) is 0. The Morgan fingerprint density at radius 1 is 0.731 bits per heavy atom. The predicted octanol–water partition coefficient (Wildman–Crippen LogP) is -5.16. The van der Waals surface area contributed by atoms with Crippen molar-refractivity contribution in [2.45, 2.75) is 26.0 Å². The molecule has 106 valence electrons. The number of rotatable bonds is 2. The number of aromatic nitrogens is 1. The van der Waals surface area contributed by atoms with Gasteiger partial charge < -0.3 is 0 Å². The van der Waals surface area contributed by atoms with E-state index in [-0.39, 0.29) is 49.6 Å². The van der Waals surface area contributed by atoms with Gasteiger partial charge in [0.15, 0.2) is 0 Å². The van der Waals surface area contributed by atoms with Crippen LogP contribution in [-0.2, 0) is 5.21 Å². The first kappa shape index (κ1) is 21.3. The van der Waals surface area contributed by atoms with E-state index in [1.54, 1.807) is 0 Å². The van der Waals surface area contributed by atoms with Crippen LogP contribution in [0.1, 0.15) is 26.3 Å². The number of hydrogen-bond donors (Lipinski definition) is 0. The molecule has 0 atom stereocenters. The molecule has 0 spiro atoms. The van der Waals surface area contributed by atoms with Crippen molar-refractivity contribution in [3.63, 3.8) is 0 Å². The summed E-state index contributed by atoms with van der Waals surface area (Å²) >= 11 is 0. The van der Waals surface area contributed by atoms with Crippen LogP contribution in [0.25, 0.3) is 11.3 Å². The maximum Gasteiger partial charge on any atom is 0.142 e. The minimum Gasteiger partial charge on any atom is -0.265 e. The summed E-state index contributed by atoms with van der Waals surface area (Å²) in [6, 6.07) is 1.51. The van der Waals surface area contributed by atoms with E-state index in [0.717, 1.165) is 0 Å². The van der Waals surface area contributed by atoms with Gasteiger partial charge in [0.05, 0.1) is 21.4 Å². The molecular formula is C16H10B9N. The van der Waals surface area contributed by atoms with Crippen LogP contribution in [0.2, 0.25) is 0 Å². The molecule has 0 bridgehead atoms. The van der Waals surface area contributed by atoms with Crippen LogP contribution in [0.15, 0.2) is 6.07 Å². The Morgan fingerprint density at radius 2 is 1.27 bits per heavy atom. The molecule has 2 rings (SSSR count). The van der Waals surface area contributed by atoms with Crippen molar-refractivity contribution in [1.82, 2.24) is 4.98 Å². The predicted molar refractivity (Wildman–Crippen MR) is 120 cm³/mol. The summed E-state index contributed by atoms with van der Waals surface area (Å²) in [5.41, 5.74) is 1.29. The summed E-state index contributed by atoms with van der Waals surface area (Å²) in [7, 11) is 54.8. The first-order valence-corrected chi connectivity index (χ1v) is 7.87. The highest BCUT2D eigenvalue weighted by atomic mass is 14.7. The van der Waals surface area contributed by atoms with E-state index in [9.17, 15) is 0 Å². The Balaban J connectivity index is 2.82. The third-order valence-electron chi connectivity index (χ3n) is 4.69. The van der Waals surface area contributed by atoms with Crippen molar-refractivity contribution in [2.75, 3.05) is 0 Å². The highest BCUT2D eigenvalue weighted by Crippen LogP contribution is 2.34. The zero-order valence-corrected chi connectivity index (χ0v) is 15.2. The molecule has 1 heterocycles. The fraction of sp³-hybridized carbons (Fsp3) is 0.312. The van der Waals surface area contributed by atoms with E-state index in [0.29, 0.717) is 5.56 Å². The number of pyridine rings is 1. The van der Waals surface area contributed by atoms with E-state index in [2.05, 4.69) is 4.98 Å². The van der Waals surface area contributed by atoms with Gasteiger partial charge in [0, 0.05) is 0 Å². The fourth-order valence-electron chi connectivity index (χ4n) is 2.60. The smallest absolute Gasteiger partial charge is 0.142 e. The minimum atomic E-state index is -1.37. The average Bonchev–Trinajstić information content (AvgIpc) is 2.51. The first-order chi connectivity index (χ1) is 11.7. The fourth-order valence-corrected chi connectivity index (χ4v) is 2.60. The lowest BCUT2D eigenvalue weighted by Gasteiger charge is -2.43. The van der Waals surface area contributed by atoms with Crippen LogP contribution in [0.3, 0.4) is 0 Å². The van der Waals surface area contributed by atoms with Gasteiger partial charge in [-0.3, -0.25) is 4.98 Å². The van der Waals surface area contributed by atoms with Crippen LogP contribution in [-0.4, -0.2) is 75.6 Å². The van der Waals surface area contributed by atoms with Crippen molar-refractivity contribution in [1.29, 1.82) is 0 Å². The van der Waals surface area contributed by atoms with Gasteiger partial charge in [-0.05, 0) is 16.6 Å². The van der Waals surface area contributed by atoms with Crippen molar-refractivity contribution in [3.8, 4) is 11.3 Å². The molecule has 0 amide bonds. The van der Waals surface area contributed by atoms with Crippen molar-refractivity contribution >= 4 is 109 Å². The summed E-state index contributed by atoms with van der Waals surface area (Å²) in [4.78, 5) is 4.34. The standard InChI is InChI=1S/C16H10B9N/c1-15(2,3)16(24,25)7-10(20)12(22)13(26-14(7)23)5-4-6(17)9(19)11(21)8(5)18/h4H,1-3H3. The van der Waals surface area contributed by atoms with Gasteiger partial charge in [0.1, 0.15) is 54.9 Å². The first-order valence-electron chi connectivity index (χ1n) is 7.87. The van der Waals surface area contributed by atoms with Gasteiger partial charge in [0.25, 0.3) is 0 Å². The van der Waals surface area contributed by atoms with Crippen molar-refractivity contribution in [2.24, 2.45) is 5.41 Å². The molecule has 0 saturated carbocycles. The molecule has 10 heteroatoms. The maximum absolute atomic E-state index is 6.31. The molecule has 0 aliphatic heterocycles. The van der Waals surface area contributed by atoms with Crippen molar-refractivity contribution in [3.05, 3.63) is 11.6 Å². The second-order valence-electron chi connectivity index (χ2n) is 7.42. The quantitative estimate of drug-likeness (QED) is 0.506. The highest BCUT2D eigenvalue weighted by molar-refractivity contribution is 6.64. The van der Waals surface area contributed by atoms with Gasteiger partial charge in [-0.2, -0.15) is 0 Å². The number of benzene rings is 1. The highest BCUT2D eigenvalue weighted by Gasteiger charge is 2.36. The van der Waals surface area contributed by atoms with Crippen LogP contribution in [0.4, 0.5) is 0 Å². The van der Waals surface area contributed by atoms with Crippen LogP contribution in [0.5, 0.6) is 0 Å². The normalized spacial score (nSPS) is 12.3. The molecule has 0 unspecified atom stereocenters. The van der Waals surface area contributed by atoms with Gasteiger partial charge in [0.2, 0.25) is 0 Å². The molecule has 26 heavy (non-hydrogen) atoms. The van der Waals surface area contributed by atoms with E-state index < -0.39 is 10.6 Å². The zero-order chi connectivity index (χ0) is 20.2. The van der Waals surface area contributed by atoms with Gasteiger partial charge in [-0.1, -0.05) is 54.0 Å². The molecule has 18 radical (unpaired) electrons. The second-order valence-corrected chi connectivity index (χ2v) is 7.42. The average molecular weight is 314 g/mol. The SMILES string of the molecule is [B]c1cc(-c2nc([B])c(C([B])([B])C(C)(C)C)c([B])c2[B])c([B])c([B])c1[B]. The van der Waals surface area contributed by atoms with Crippen LogP contribution >= 0.6 is 0 Å². The Labute approximate surface area is 168 Å². The molecule has 1 aromatic heterocycles. The molecule has 0 aliphatic rings. The Morgan fingerprint density at radius 3 is 1.77 bits per heavy atom. The largest absolute Gasteiger partial charge is 0.265 e. The van der Waals surface area contributed by atoms with Crippen LogP contribution < -0.4 is 38.4 Å². The maximum atomic E-state index is 6.31.